The van der Waals surface area contributed by atoms with Crippen molar-refractivity contribution in [3.63, 3.8) is 0 Å². The van der Waals surface area contributed by atoms with E-state index in [9.17, 15) is 18.4 Å². The van der Waals surface area contributed by atoms with Crippen molar-refractivity contribution in [2.45, 2.75) is 24.0 Å². The third-order valence-electron chi connectivity index (χ3n) is 3.11. The molecule has 6 heteroatoms. The van der Waals surface area contributed by atoms with Crippen LogP contribution in [0.3, 0.4) is 0 Å². The Labute approximate surface area is 137 Å². The van der Waals surface area contributed by atoms with Crippen molar-refractivity contribution in [3.05, 3.63) is 59.7 Å². The number of halogens is 2. The molecular formula is C17H15F2NO2S. The summed E-state index contributed by atoms with van der Waals surface area (Å²) in [5, 5.41) is 2.19. The minimum Gasteiger partial charge on any atom is -0.325 e. The standard InChI is InChI=1S/C17H15F2NO2S/c1-10(21)12-4-3-5-13(8-12)20-17(22)11(2)23-14-6-7-15(18)16(19)9-14/h3-9,11H,1-2H3,(H,20,22)/t11-/m1/s1. The van der Waals surface area contributed by atoms with Gasteiger partial charge in [0.2, 0.25) is 5.91 Å². The van der Waals surface area contributed by atoms with Crippen molar-refractivity contribution >= 4 is 29.1 Å². The Morgan fingerprint density at radius 3 is 2.48 bits per heavy atom. The highest BCUT2D eigenvalue weighted by molar-refractivity contribution is 8.00. The quantitative estimate of drug-likeness (QED) is 0.655. The maximum Gasteiger partial charge on any atom is 0.237 e. The molecule has 1 N–H and O–H groups in total. The Morgan fingerprint density at radius 2 is 1.83 bits per heavy atom. The zero-order valence-electron chi connectivity index (χ0n) is 12.6. The molecule has 3 nitrogen and oxygen atoms in total. The number of amides is 1. The predicted molar refractivity (Wildman–Crippen MR) is 86.8 cm³/mol. The van der Waals surface area contributed by atoms with Gasteiger partial charge in [0, 0.05) is 16.1 Å². The van der Waals surface area contributed by atoms with Crippen molar-refractivity contribution in [1.82, 2.24) is 0 Å². The Balaban J connectivity index is 2.03. The van der Waals surface area contributed by atoms with E-state index in [2.05, 4.69) is 5.32 Å². The van der Waals surface area contributed by atoms with Gasteiger partial charge >= 0.3 is 0 Å². The van der Waals surface area contributed by atoms with E-state index in [0.29, 0.717) is 16.1 Å². The smallest absolute Gasteiger partial charge is 0.237 e. The first-order valence-electron chi connectivity index (χ1n) is 6.90. The lowest BCUT2D eigenvalue weighted by atomic mass is 10.1. The summed E-state index contributed by atoms with van der Waals surface area (Å²) in [5.74, 6) is -2.25. The van der Waals surface area contributed by atoms with Crippen LogP contribution < -0.4 is 5.32 Å². The average molecular weight is 335 g/mol. The van der Waals surface area contributed by atoms with E-state index in [1.165, 1.54) is 13.0 Å². The van der Waals surface area contributed by atoms with Crippen molar-refractivity contribution in [1.29, 1.82) is 0 Å². The molecule has 0 aromatic heterocycles. The van der Waals surface area contributed by atoms with E-state index in [1.807, 2.05) is 0 Å². The van der Waals surface area contributed by atoms with Crippen LogP contribution in [0.15, 0.2) is 47.4 Å². The molecule has 2 rings (SSSR count). The molecule has 0 aliphatic heterocycles. The third-order valence-corrected chi connectivity index (χ3v) is 4.20. The largest absolute Gasteiger partial charge is 0.325 e. The Kier molecular flexibility index (Phi) is 5.50. The third kappa shape index (κ3) is 4.63. The molecule has 0 saturated carbocycles. The first-order chi connectivity index (χ1) is 10.9. The number of nitrogens with one attached hydrogen (secondary N) is 1. The van der Waals surface area contributed by atoms with Crippen LogP contribution in [0.1, 0.15) is 24.2 Å². The Morgan fingerprint density at radius 1 is 1.09 bits per heavy atom. The van der Waals surface area contributed by atoms with Gasteiger partial charge < -0.3 is 5.32 Å². The van der Waals surface area contributed by atoms with Gasteiger partial charge in [0.15, 0.2) is 17.4 Å². The van der Waals surface area contributed by atoms with Crippen LogP contribution in [0.25, 0.3) is 0 Å². The van der Waals surface area contributed by atoms with Gasteiger partial charge in [0.05, 0.1) is 5.25 Å². The van der Waals surface area contributed by atoms with Crippen LogP contribution in [-0.4, -0.2) is 16.9 Å². The molecule has 0 bridgehead atoms. The maximum absolute atomic E-state index is 13.2. The van der Waals surface area contributed by atoms with Gasteiger partial charge in [-0.1, -0.05) is 12.1 Å². The van der Waals surface area contributed by atoms with Gasteiger partial charge in [-0.3, -0.25) is 9.59 Å². The lowest BCUT2D eigenvalue weighted by Gasteiger charge is -2.12. The molecule has 0 heterocycles. The number of benzene rings is 2. The van der Waals surface area contributed by atoms with Gasteiger partial charge in [0.1, 0.15) is 0 Å². The van der Waals surface area contributed by atoms with Gasteiger partial charge in [-0.2, -0.15) is 0 Å². The maximum atomic E-state index is 13.2. The molecule has 0 radical (unpaired) electrons. The molecule has 2 aromatic rings. The number of Topliss-reactive ketones (excluding diaryl/α,β-unsaturated/α-hetero) is 1. The van der Waals surface area contributed by atoms with E-state index in [-0.39, 0.29) is 11.7 Å². The van der Waals surface area contributed by atoms with Crippen LogP contribution in [0.4, 0.5) is 14.5 Å². The van der Waals surface area contributed by atoms with Crippen LogP contribution in [0, 0.1) is 11.6 Å². The SMILES string of the molecule is CC(=O)c1cccc(NC(=O)[C@@H](C)Sc2ccc(F)c(F)c2)c1. The molecule has 0 spiro atoms. The number of carbonyl (C=O) groups is 2. The summed E-state index contributed by atoms with van der Waals surface area (Å²) < 4.78 is 26.1. The fraction of sp³-hybridized carbons (Fsp3) is 0.176. The monoisotopic (exact) mass is 335 g/mol. The van der Waals surface area contributed by atoms with E-state index in [0.717, 1.165) is 23.9 Å². The summed E-state index contributed by atoms with van der Waals surface area (Å²) in [6, 6.07) is 10.1. The molecule has 23 heavy (non-hydrogen) atoms. The molecule has 0 saturated heterocycles. The van der Waals surface area contributed by atoms with Crippen LogP contribution >= 0.6 is 11.8 Å². The van der Waals surface area contributed by atoms with Crippen LogP contribution in [0.5, 0.6) is 0 Å². The number of anilines is 1. The van der Waals surface area contributed by atoms with Crippen molar-refractivity contribution in [3.8, 4) is 0 Å². The number of rotatable bonds is 5. The summed E-state index contributed by atoms with van der Waals surface area (Å²) in [6.07, 6.45) is 0. The highest BCUT2D eigenvalue weighted by atomic mass is 32.2. The number of hydrogen-bond acceptors (Lipinski definition) is 3. The fourth-order valence-corrected chi connectivity index (χ4v) is 2.76. The lowest BCUT2D eigenvalue weighted by molar-refractivity contribution is -0.115. The molecule has 0 unspecified atom stereocenters. The second-order valence-corrected chi connectivity index (χ2v) is 6.38. The molecule has 1 atom stereocenters. The lowest BCUT2D eigenvalue weighted by Crippen LogP contribution is -2.22. The van der Waals surface area contributed by atoms with E-state index >= 15 is 0 Å². The van der Waals surface area contributed by atoms with Crippen molar-refractivity contribution in [2.75, 3.05) is 5.32 Å². The second kappa shape index (κ2) is 7.37. The second-order valence-electron chi connectivity index (χ2n) is 4.96. The summed E-state index contributed by atoms with van der Waals surface area (Å²) in [4.78, 5) is 24.0. The Hall–Kier alpha value is -2.21. The average Bonchev–Trinajstić information content (AvgIpc) is 2.51. The zero-order chi connectivity index (χ0) is 17.0. The number of hydrogen-bond donors (Lipinski definition) is 1. The summed E-state index contributed by atoms with van der Waals surface area (Å²) >= 11 is 1.12. The summed E-state index contributed by atoms with van der Waals surface area (Å²) in [5.41, 5.74) is 1.02. The molecule has 120 valence electrons. The van der Waals surface area contributed by atoms with Gasteiger partial charge in [-0.05, 0) is 44.2 Å². The molecule has 0 aliphatic carbocycles. The van der Waals surface area contributed by atoms with Crippen molar-refractivity contribution < 1.29 is 18.4 Å². The minimum atomic E-state index is -0.947. The predicted octanol–water partition coefficient (Wildman–Crippen LogP) is 4.29. The molecule has 1 amide bonds. The minimum absolute atomic E-state index is 0.0923. The topological polar surface area (TPSA) is 46.2 Å². The molecule has 0 fully saturated rings. The van der Waals surface area contributed by atoms with Gasteiger partial charge in [-0.15, -0.1) is 11.8 Å². The highest BCUT2D eigenvalue weighted by Gasteiger charge is 2.16. The van der Waals surface area contributed by atoms with Crippen LogP contribution in [0.2, 0.25) is 0 Å². The van der Waals surface area contributed by atoms with E-state index < -0.39 is 16.9 Å². The molecule has 0 aliphatic rings. The Bertz CT molecular complexity index is 749. The number of thioether (sulfide) groups is 1. The van der Waals surface area contributed by atoms with Gasteiger partial charge in [-0.25, -0.2) is 8.78 Å². The molecular weight excluding hydrogens is 320 g/mol. The first kappa shape index (κ1) is 17.1. The van der Waals surface area contributed by atoms with E-state index in [4.69, 9.17) is 0 Å². The fourth-order valence-electron chi connectivity index (χ4n) is 1.87. The van der Waals surface area contributed by atoms with Crippen molar-refractivity contribution in [2.24, 2.45) is 0 Å². The summed E-state index contributed by atoms with van der Waals surface area (Å²) in [7, 11) is 0. The van der Waals surface area contributed by atoms with Gasteiger partial charge in [0.25, 0.3) is 0 Å². The normalized spacial score (nSPS) is 11.8. The summed E-state index contributed by atoms with van der Waals surface area (Å²) in [6.45, 7) is 3.11. The zero-order valence-corrected chi connectivity index (χ0v) is 13.4. The number of carbonyl (C=O) groups excluding carboxylic acids is 2. The molecule has 2 aromatic carbocycles. The first-order valence-corrected chi connectivity index (χ1v) is 7.78. The highest BCUT2D eigenvalue weighted by Crippen LogP contribution is 2.25. The van der Waals surface area contributed by atoms with E-state index in [1.54, 1.807) is 31.2 Å². The van der Waals surface area contributed by atoms with Crippen LogP contribution in [-0.2, 0) is 4.79 Å². The number of ketones is 1.